The van der Waals surface area contributed by atoms with Crippen LogP contribution in [0.25, 0.3) is 0 Å². The van der Waals surface area contributed by atoms with Crippen LogP contribution in [-0.4, -0.2) is 30.3 Å². The highest BCUT2D eigenvalue weighted by Crippen LogP contribution is 2.10. The van der Waals surface area contributed by atoms with Crippen molar-refractivity contribution in [3.8, 4) is 0 Å². The Hall–Kier alpha value is -0.590. The predicted molar refractivity (Wildman–Crippen MR) is 99.1 cm³/mol. The molecule has 1 heterocycles. The fraction of sp³-hybridized carbons (Fsp3) is 0.833. The second-order valence-corrected chi connectivity index (χ2v) is 8.53. The summed E-state index contributed by atoms with van der Waals surface area (Å²) in [6.07, 6.45) is 18.3. The zero-order valence-electron chi connectivity index (χ0n) is 16.2. The van der Waals surface area contributed by atoms with Crippen molar-refractivity contribution in [3.63, 3.8) is 0 Å². The normalized spacial score (nSPS) is 11.7. The van der Waals surface area contributed by atoms with E-state index >= 15 is 0 Å². The number of aromatic nitrogens is 2. The molecule has 0 aliphatic heterocycles. The Kier molecular flexibility index (Phi) is 13.3. The van der Waals surface area contributed by atoms with E-state index in [0.29, 0.717) is 6.54 Å². The third-order valence-electron chi connectivity index (χ3n) is 4.54. The van der Waals surface area contributed by atoms with E-state index in [1.54, 1.807) is 19.6 Å². The molecule has 0 atom stereocenters. The van der Waals surface area contributed by atoms with Gasteiger partial charge in [0.25, 0.3) is 6.33 Å². The minimum absolute atomic E-state index is 0. The van der Waals surface area contributed by atoms with Gasteiger partial charge >= 0.3 is 10.2 Å². The molecule has 0 radical (unpaired) electrons. The van der Waals surface area contributed by atoms with Gasteiger partial charge in [-0.25, -0.2) is 4.57 Å². The van der Waals surface area contributed by atoms with Crippen LogP contribution in [0, 0.1) is 0 Å². The first-order chi connectivity index (χ1) is 11.5. The first-order valence-electron chi connectivity index (χ1n) is 9.56. The summed E-state index contributed by atoms with van der Waals surface area (Å²) in [5.41, 5.74) is 0. The molecular formula is C18H36ClN3O2S. The van der Waals surface area contributed by atoms with Crippen molar-refractivity contribution >= 4 is 10.2 Å². The van der Waals surface area contributed by atoms with Crippen molar-refractivity contribution < 1.29 is 25.4 Å². The molecule has 1 aromatic rings. The number of unbranched alkanes of at least 4 members (excludes halogenated alkanes) is 9. The van der Waals surface area contributed by atoms with Gasteiger partial charge in [0.15, 0.2) is 0 Å². The maximum absolute atomic E-state index is 12.2. The molecule has 25 heavy (non-hydrogen) atoms. The predicted octanol–water partition coefficient (Wildman–Crippen LogP) is 0.745. The van der Waals surface area contributed by atoms with Crippen molar-refractivity contribution in [2.75, 3.05) is 13.6 Å². The average molecular weight is 394 g/mol. The Balaban J connectivity index is 0.00000576. The summed E-state index contributed by atoms with van der Waals surface area (Å²) in [6, 6.07) is 0. The Labute approximate surface area is 161 Å². The van der Waals surface area contributed by atoms with E-state index in [4.69, 9.17) is 0 Å². The topological polar surface area (TPSA) is 46.2 Å². The molecule has 5 nitrogen and oxygen atoms in total. The highest BCUT2D eigenvalue weighted by atomic mass is 35.5. The number of rotatable bonds is 14. The van der Waals surface area contributed by atoms with Crippen molar-refractivity contribution in [2.45, 2.75) is 84.6 Å². The summed E-state index contributed by atoms with van der Waals surface area (Å²) in [7, 11) is -1.79. The van der Waals surface area contributed by atoms with Gasteiger partial charge in [-0.3, -0.25) is 0 Å². The highest BCUT2D eigenvalue weighted by molar-refractivity contribution is 7.87. The average Bonchev–Trinajstić information content (AvgIpc) is 3.05. The molecule has 0 aromatic carbocycles. The van der Waals surface area contributed by atoms with Gasteiger partial charge in [0.2, 0.25) is 0 Å². The maximum atomic E-state index is 12.2. The van der Waals surface area contributed by atoms with E-state index in [1.807, 2.05) is 17.7 Å². The van der Waals surface area contributed by atoms with Crippen molar-refractivity contribution in [3.05, 3.63) is 18.7 Å². The molecule has 1 aromatic heterocycles. The molecule has 0 saturated carbocycles. The first kappa shape index (κ1) is 24.4. The van der Waals surface area contributed by atoms with Crippen LogP contribution in [0.3, 0.4) is 0 Å². The Morgan fingerprint density at radius 1 is 0.920 bits per heavy atom. The van der Waals surface area contributed by atoms with Crippen LogP contribution in [0.2, 0.25) is 0 Å². The number of aryl methyl sites for hydroxylation is 1. The Morgan fingerprint density at radius 3 is 1.96 bits per heavy atom. The van der Waals surface area contributed by atoms with Gasteiger partial charge in [0.1, 0.15) is 12.4 Å². The smallest absolute Gasteiger partial charge is 0.379 e. The summed E-state index contributed by atoms with van der Waals surface area (Å²) in [4.78, 5) is 0. The number of imidazole rings is 1. The van der Waals surface area contributed by atoms with Gasteiger partial charge in [-0.1, -0.05) is 65.2 Å². The van der Waals surface area contributed by atoms with Crippen molar-refractivity contribution in [1.29, 1.82) is 0 Å². The molecule has 0 saturated heterocycles. The molecule has 148 valence electrons. The second kappa shape index (κ2) is 13.6. The van der Waals surface area contributed by atoms with E-state index in [2.05, 4.69) is 6.92 Å². The van der Waals surface area contributed by atoms with Crippen molar-refractivity contribution in [2.24, 2.45) is 0 Å². The summed E-state index contributed by atoms with van der Waals surface area (Å²) in [6.45, 7) is 5.44. The van der Waals surface area contributed by atoms with Gasteiger partial charge in [-0.05, 0) is 12.8 Å². The minimum atomic E-state index is -3.39. The summed E-state index contributed by atoms with van der Waals surface area (Å²) in [5.74, 6) is 0. The van der Waals surface area contributed by atoms with Gasteiger partial charge in [0.05, 0.1) is 6.54 Å². The number of halogens is 1. The molecule has 0 bridgehead atoms. The molecule has 7 heteroatoms. The molecule has 0 amide bonds. The largest absolute Gasteiger partial charge is 1.00 e. The lowest BCUT2D eigenvalue weighted by Crippen LogP contribution is -3.00. The fourth-order valence-electron chi connectivity index (χ4n) is 2.75. The minimum Gasteiger partial charge on any atom is -1.00 e. The zero-order chi connectivity index (χ0) is 17.8. The summed E-state index contributed by atoms with van der Waals surface area (Å²) >= 11 is 0. The lowest BCUT2D eigenvalue weighted by molar-refractivity contribution is -0.696. The van der Waals surface area contributed by atoms with E-state index < -0.39 is 10.2 Å². The van der Waals surface area contributed by atoms with Crippen LogP contribution >= 0.6 is 0 Å². The standard InChI is InChI=1S/C18H36N3O2S.ClH/c1-4-6-7-8-9-10-11-12-13-14-15-20-16-17-21(18-20)24(22,23)19(3)5-2;/h16-18H,4-15H2,1-3H3;1H/q+1;/p-1. The Morgan fingerprint density at radius 2 is 1.44 bits per heavy atom. The van der Waals surface area contributed by atoms with E-state index in [0.717, 1.165) is 13.0 Å². The van der Waals surface area contributed by atoms with Crippen LogP contribution in [0.5, 0.6) is 0 Å². The molecule has 0 N–H and O–H groups in total. The first-order valence-corrected chi connectivity index (χ1v) is 11.0. The molecule has 0 unspecified atom stereocenters. The highest BCUT2D eigenvalue weighted by Gasteiger charge is 2.24. The van der Waals surface area contributed by atoms with Crippen LogP contribution in [0.4, 0.5) is 0 Å². The quantitative estimate of drug-likeness (QED) is 0.346. The van der Waals surface area contributed by atoms with Gasteiger partial charge in [0, 0.05) is 13.6 Å². The van der Waals surface area contributed by atoms with E-state index in [-0.39, 0.29) is 12.4 Å². The maximum Gasteiger partial charge on any atom is 0.379 e. The summed E-state index contributed by atoms with van der Waals surface area (Å²) < 4.78 is 29.0. The third kappa shape index (κ3) is 9.06. The summed E-state index contributed by atoms with van der Waals surface area (Å²) in [5, 5.41) is 0. The molecular weight excluding hydrogens is 358 g/mol. The van der Waals surface area contributed by atoms with Gasteiger partial charge < -0.3 is 12.4 Å². The molecule has 0 aliphatic carbocycles. The molecule has 0 aliphatic rings. The molecule has 0 fully saturated rings. The van der Waals surface area contributed by atoms with Gasteiger partial charge in [-0.2, -0.15) is 12.7 Å². The van der Waals surface area contributed by atoms with Crippen LogP contribution in [0.15, 0.2) is 18.7 Å². The Bertz CT molecular complexity index is 546. The monoisotopic (exact) mass is 393 g/mol. The van der Waals surface area contributed by atoms with Gasteiger partial charge in [-0.15, -0.1) is 3.97 Å². The van der Waals surface area contributed by atoms with E-state index in [9.17, 15) is 8.42 Å². The zero-order valence-corrected chi connectivity index (χ0v) is 17.7. The van der Waals surface area contributed by atoms with Crippen molar-refractivity contribution in [1.82, 2.24) is 8.28 Å². The van der Waals surface area contributed by atoms with Crippen LogP contribution in [-0.2, 0) is 16.8 Å². The number of nitrogens with zero attached hydrogens (tertiary/aromatic N) is 3. The molecule has 0 spiro atoms. The third-order valence-corrected chi connectivity index (χ3v) is 6.34. The van der Waals surface area contributed by atoms with Crippen LogP contribution in [0.1, 0.15) is 78.1 Å². The number of hydrogen-bond donors (Lipinski definition) is 0. The SMILES string of the molecule is CCCCCCCCCCCC[n+]1ccn(S(=O)(=O)N(C)CC)c1.[Cl-]. The lowest BCUT2D eigenvalue weighted by atomic mass is 10.1. The number of hydrogen-bond acceptors (Lipinski definition) is 2. The fourth-order valence-corrected chi connectivity index (χ4v) is 3.85. The molecule has 1 rings (SSSR count). The second-order valence-electron chi connectivity index (χ2n) is 6.59. The van der Waals surface area contributed by atoms with E-state index in [1.165, 1.54) is 66.1 Å². The lowest BCUT2D eigenvalue weighted by Gasteiger charge is -2.10. The van der Waals surface area contributed by atoms with Crippen LogP contribution < -0.4 is 17.0 Å².